The van der Waals surface area contributed by atoms with E-state index >= 15 is 0 Å². The molecule has 0 aliphatic carbocycles. The second kappa shape index (κ2) is 9.47. The minimum Gasteiger partial charge on any atom is -0.466 e. The summed E-state index contributed by atoms with van der Waals surface area (Å²) in [6.45, 7) is 1.92. The minimum atomic E-state index is -1.84. The van der Waals surface area contributed by atoms with E-state index in [0.29, 0.717) is 36.8 Å². The van der Waals surface area contributed by atoms with Gasteiger partial charge in [-0.15, -0.1) is 0 Å². The molecule has 0 saturated heterocycles. The maximum Gasteiger partial charge on any atom is 0.308 e. The van der Waals surface area contributed by atoms with Gasteiger partial charge in [0.2, 0.25) is 0 Å². The number of benzene rings is 3. The third-order valence-corrected chi connectivity index (χ3v) is 6.63. The lowest BCUT2D eigenvalue weighted by Crippen LogP contribution is -2.47. The Morgan fingerprint density at radius 3 is 2.27 bits per heavy atom. The van der Waals surface area contributed by atoms with E-state index in [1.54, 1.807) is 73.7 Å². The molecule has 8 heteroatoms. The quantitative estimate of drug-likeness (QED) is 0.378. The zero-order chi connectivity index (χ0) is 23.8. The van der Waals surface area contributed by atoms with Gasteiger partial charge in [0.25, 0.3) is 5.91 Å². The highest BCUT2D eigenvalue weighted by atomic mass is 79.9. The number of aliphatic hydroxyl groups is 1. The number of esters is 1. The Kier molecular flexibility index (Phi) is 6.82. The summed E-state index contributed by atoms with van der Waals surface area (Å²) in [5, 5.41) is 13.2. The number of carbonyl (C=O) groups excluding carboxylic acids is 2. The van der Waals surface area contributed by atoms with E-state index in [0.717, 1.165) is 0 Å². The van der Waals surface area contributed by atoms with E-state index in [-0.39, 0.29) is 13.0 Å². The fourth-order valence-electron chi connectivity index (χ4n) is 4.17. The molecule has 1 heterocycles. The van der Waals surface area contributed by atoms with Crippen molar-refractivity contribution in [3.05, 3.63) is 104 Å². The lowest BCUT2D eigenvalue weighted by molar-refractivity contribution is -0.146. The third kappa shape index (κ3) is 4.41. The van der Waals surface area contributed by atoms with Gasteiger partial charge in [-0.25, -0.2) is 0 Å². The van der Waals surface area contributed by atoms with Crippen molar-refractivity contribution in [3.63, 3.8) is 0 Å². The molecule has 1 N–H and O–H groups in total. The molecule has 0 radical (unpaired) electrons. The van der Waals surface area contributed by atoms with E-state index < -0.39 is 23.6 Å². The van der Waals surface area contributed by atoms with Crippen LogP contribution < -0.4 is 0 Å². The van der Waals surface area contributed by atoms with Crippen molar-refractivity contribution in [2.75, 3.05) is 6.61 Å². The smallest absolute Gasteiger partial charge is 0.308 e. The van der Waals surface area contributed by atoms with Crippen molar-refractivity contribution in [3.8, 4) is 0 Å². The first-order valence-corrected chi connectivity index (χ1v) is 11.8. The first-order valence-electron chi connectivity index (χ1n) is 10.3. The Morgan fingerprint density at radius 2 is 1.67 bits per heavy atom. The Balaban J connectivity index is 1.93. The molecule has 1 aliphatic rings. The normalized spacial score (nSPS) is 18.2. The SMILES string of the molecule is CCOC(=O)C[C@@H](c1ccc(Cl)cc1)N1C(=O)c2cc(Br)ccc2C1(O)c1ccc(Cl)cc1. The molecule has 0 fully saturated rings. The third-order valence-electron chi connectivity index (χ3n) is 5.63. The van der Waals surface area contributed by atoms with Gasteiger partial charge >= 0.3 is 5.97 Å². The predicted octanol–water partition coefficient (Wildman–Crippen LogP) is 6.10. The molecule has 5 nitrogen and oxygen atoms in total. The molecule has 0 aromatic heterocycles. The number of ether oxygens (including phenoxy) is 1. The van der Waals surface area contributed by atoms with Gasteiger partial charge in [-0.05, 0) is 48.9 Å². The highest BCUT2D eigenvalue weighted by Crippen LogP contribution is 2.48. The lowest BCUT2D eigenvalue weighted by atomic mass is 9.91. The highest BCUT2D eigenvalue weighted by Gasteiger charge is 2.53. The van der Waals surface area contributed by atoms with Crippen molar-refractivity contribution in [2.24, 2.45) is 0 Å². The lowest BCUT2D eigenvalue weighted by Gasteiger charge is -2.40. The number of hydrogen-bond acceptors (Lipinski definition) is 4. The van der Waals surface area contributed by atoms with Crippen LogP contribution in [0.5, 0.6) is 0 Å². The summed E-state index contributed by atoms with van der Waals surface area (Å²) in [6, 6.07) is 17.8. The van der Waals surface area contributed by atoms with Crippen molar-refractivity contribution in [2.45, 2.75) is 25.1 Å². The molecule has 0 saturated carbocycles. The Hall–Kier alpha value is -2.38. The number of rotatable bonds is 6. The number of nitrogens with zero attached hydrogens (tertiary/aromatic N) is 1. The molecule has 2 atom stereocenters. The van der Waals surface area contributed by atoms with Crippen LogP contribution in [0.2, 0.25) is 10.0 Å². The van der Waals surface area contributed by atoms with E-state index in [1.807, 2.05) is 0 Å². The van der Waals surface area contributed by atoms with Crippen molar-refractivity contribution in [1.82, 2.24) is 4.90 Å². The largest absolute Gasteiger partial charge is 0.466 e. The van der Waals surface area contributed by atoms with Gasteiger partial charge in [-0.1, -0.05) is 69.5 Å². The summed E-state index contributed by atoms with van der Waals surface area (Å²) >= 11 is 15.6. The summed E-state index contributed by atoms with van der Waals surface area (Å²) in [7, 11) is 0. The Labute approximate surface area is 210 Å². The molecule has 4 rings (SSSR count). The number of carbonyl (C=O) groups is 2. The van der Waals surface area contributed by atoms with Gasteiger partial charge in [0.1, 0.15) is 0 Å². The summed E-state index contributed by atoms with van der Waals surface area (Å²) < 4.78 is 5.89. The first-order chi connectivity index (χ1) is 15.8. The molecular formula is C25H20BrCl2NO4. The van der Waals surface area contributed by atoms with Crippen LogP contribution in [0.25, 0.3) is 0 Å². The van der Waals surface area contributed by atoms with E-state index in [1.165, 1.54) is 4.90 Å². The first kappa shape index (κ1) is 23.8. The van der Waals surface area contributed by atoms with Crippen LogP contribution in [0, 0.1) is 0 Å². The van der Waals surface area contributed by atoms with Crippen LogP contribution in [0.4, 0.5) is 0 Å². The zero-order valence-corrected chi connectivity index (χ0v) is 20.7. The second-order valence-electron chi connectivity index (χ2n) is 7.62. The number of fused-ring (bicyclic) bond motifs is 1. The maximum absolute atomic E-state index is 13.8. The number of halogens is 3. The van der Waals surface area contributed by atoms with E-state index in [9.17, 15) is 14.7 Å². The number of hydrogen-bond donors (Lipinski definition) is 1. The summed E-state index contributed by atoms with van der Waals surface area (Å²) in [5.41, 5.74) is 0.00353. The molecule has 0 spiro atoms. The fourth-order valence-corrected chi connectivity index (χ4v) is 4.78. The average Bonchev–Trinajstić information content (AvgIpc) is 3.00. The molecule has 0 bridgehead atoms. The summed E-state index contributed by atoms with van der Waals surface area (Å²) in [6.07, 6.45) is -0.147. The summed E-state index contributed by atoms with van der Waals surface area (Å²) in [4.78, 5) is 27.7. The molecule has 33 heavy (non-hydrogen) atoms. The topological polar surface area (TPSA) is 66.8 Å². The molecule has 1 aliphatic heterocycles. The molecule has 3 aromatic carbocycles. The molecule has 170 valence electrons. The van der Waals surface area contributed by atoms with E-state index in [2.05, 4.69) is 15.9 Å². The highest BCUT2D eigenvalue weighted by molar-refractivity contribution is 9.10. The molecule has 1 amide bonds. The average molecular weight is 549 g/mol. The van der Waals surface area contributed by atoms with Crippen LogP contribution >= 0.6 is 39.1 Å². The van der Waals surface area contributed by atoms with Gasteiger partial charge in [0, 0.05) is 31.2 Å². The van der Waals surface area contributed by atoms with Crippen molar-refractivity contribution < 1.29 is 19.4 Å². The minimum absolute atomic E-state index is 0.147. The van der Waals surface area contributed by atoms with E-state index in [4.69, 9.17) is 27.9 Å². The Bertz CT molecular complexity index is 1200. The van der Waals surface area contributed by atoms with Gasteiger partial charge in [0.15, 0.2) is 5.72 Å². The fraction of sp³-hybridized carbons (Fsp3) is 0.200. The van der Waals surface area contributed by atoms with Crippen molar-refractivity contribution >= 4 is 51.0 Å². The summed E-state index contributed by atoms with van der Waals surface area (Å²) in [5.74, 6) is -0.895. The zero-order valence-electron chi connectivity index (χ0n) is 17.6. The van der Waals surface area contributed by atoms with Gasteiger partial charge in [0.05, 0.1) is 19.1 Å². The van der Waals surface area contributed by atoms with Crippen LogP contribution in [-0.2, 0) is 15.3 Å². The standard InChI is InChI=1S/C25H20BrCl2NO4/c1-2-33-23(30)14-22(15-3-8-18(27)9-4-15)29-24(31)20-13-17(26)7-12-21(20)25(29,32)16-5-10-19(28)11-6-16/h3-13,22,32H,2,14H2,1H3/t22-,25?/m0/s1. The second-order valence-corrected chi connectivity index (χ2v) is 9.41. The molecular weight excluding hydrogens is 529 g/mol. The van der Waals surface area contributed by atoms with Gasteiger partial charge < -0.3 is 9.84 Å². The van der Waals surface area contributed by atoms with Crippen LogP contribution in [0.3, 0.4) is 0 Å². The van der Waals surface area contributed by atoms with Crippen molar-refractivity contribution in [1.29, 1.82) is 0 Å². The molecule has 1 unspecified atom stereocenters. The molecule has 3 aromatic rings. The number of amides is 1. The van der Waals surface area contributed by atoms with Crippen LogP contribution in [0.1, 0.15) is 46.4 Å². The maximum atomic E-state index is 13.8. The Morgan fingerprint density at radius 1 is 1.06 bits per heavy atom. The van der Waals surface area contributed by atoms with Gasteiger partial charge in [-0.3, -0.25) is 14.5 Å². The van der Waals surface area contributed by atoms with Crippen LogP contribution in [0.15, 0.2) is 71.2 Å². The van der Waals surface area contributed by atoms with Gasteiger partial charge in [-0.2, -0.15) is 0 Å². The van der Waals surface area contributed by atoms with Crippen LogP contribution in [-0.4, -0.2) is 28.5 Å². The monoisotopic (exact) mass is 547 g/mol. The predicted molar refractivity (Wildman–Crippen MR) is 130 cm³/mol.